The Balaban J connectivity index is 2.15. The van der Waals surface area contributed by atoms with Crippen LogP contribution in [0.2, 0.25) is 0 Å². The monoisotopic (exact) mass is 292 g/mol. The van der Waals surface area contributed by atoms with Gasteiger partial charge < -0.3 is 4.74 Å². The van der Waals surface area contributed by atoms with E-state index in [0.29, 0.717) is 11.3 Å². The van der Waals surface area contributed by atoms with Crippen molar-refractivity contribution < 1.29 is 13.5 Å². The van der Waals surface area contributed by atoms with Crippen LogP contribution >= 0.6 is 11.6 Å². The van der Waals surface area contributed by atoms with Gasteiger partial charge in [0.2, 0.25) is 0 Å². The van der Waals surface area contributed by atoms with Crippen molar-refractivity contribution in [3.63, 3.8) is 0 Å². The summed E-state index contributed by atoms with van der Waals surface area (Å²) in [5.74, 6) is 5.31. The van der Waals surface area contributed by atoms with Gasteiger partial charge in [0.05, 0.1) is 11.4 Å². The average Bonchev–Trinajstić information content (AvgIpc) is 2.46. The van der Waals surface area contributed by atoms with E-state index in [9.17, 15) is 8.78 Å². The minimum atomic E-state index is -0.407. The highest BCUT2D eigenvalue weighted by atomic mass is 35.5. The molecule has 1 nitrogen and oxygen atoms in total. The number of rotatable bonds is 3. The van der Waals surface area contributed by atoms with Crippen LogP contribution in [0, 0.1) is 23.5 Å². The second kappa shape index (κ2) is 6.93. The second-order valence-electron chi connectivity index (χ2n) is 3.99. The maximum absolute atomic E-state index is 13.2. The first-order valence-electron chi connectivity index (χ1n) is 5.90. The fourth-order valence-corrected chi connectivity index (χ4v) is 1.66. The van der Waals surface area contributed by atoms with E-state index in [-0.39, 0.29) is 18.3 Å². The van der Waals surface area contributed by atoms with Crippen LogP contribution in [0.25, 0.3) is 0 Å². The molecule has 4 heteroatoms. The smallest absolute Gasteiger partial charge is 0.138 e. The van der Waals surface area contributed by atoms with E-state index in [1.54, 1.807) is 12.1 Å². The lowest BCUT2D eigenvalue weighted by Crippen LogP contribution is -1.98. The third-order valence-corrected chi connectivity index (χ3v) is 2.67. The molecule has 102 valence electrons. The van der Waals surface area contributed by atoms with Crippen molar-refractivity contribution in [3.05, 3.63) is 65.2 Å². The molecule has 2 aromatic rings. The maximum Gasteiger partial charge on any atom is 0.138 e. The van der Waals surface area contributed by atoms with E-state index in [2.05, 4.69) is 11.8 Å². The summed E-state index contributed by atoms with van der Waals surface area (Å²) in [6, 6.07) is 10.0. The topological polar surface area (TPSA) is 9.23 Å². The van der Waals surface area contributed by atoms with Crippen LogP contribution in [0.1, 0.15) is 11.1 Å². The minimum absolute atomic E-state index is 0.189. The number of alkyl halides is 1. The molecular formula is C16H11ClF2O. The zero-order valence-corrected chi connectivity index (χ0v) is 11.3. The van der Waals surface area contributed by atoms with Crippen molar-refractivity contribution in [2.24, 2.45) is 0 Å². The Morgan fingerprint density at radius 2 is 1.70 bits per heavy atom. The summed E-state index contributed by atoms with van der Waals surface area (Å²) in [4.78, 5) is 0. The maximum atomic E-state index is 13.2. The zero-order chi connectivity index (χ0) is 14.4. The summed E-state index contributed by atoms with van der Waals surface area (Å²) >= 11 is 5.50. The third-order valence-electron chi connectivity index (χ3n) is 2.54. The van der Waals surface area contributed by atoms with E-state index in [0.717, 1.165) is 5.56 Å². The molecule has 0 atom stereocenters. The number of benzene rings is 2. The summed E-state index contributed by atoms with van der Waals surface area (Å²) in [6.45, 7) is 0.208. The highest BCUT2D eigenvalue weighted by molar-refractivity contribution is 6.19. The van der Waals surface area contributed by atoms with Gasteiger partial charge >= 0.3 is 0 Å². The van der Waals surface area contributed by atoms with Gasteiger partial charge in [-0.3, -0.25) is 0 Å². The quantitative estimate of drug-likeness (QED) is 0.610. The van der Waals surface area contributed by atoms with Crippen molar-refractivity contribution in [3.8, 4) is 17.6 Å². The van der Waals surface area contributed by atoms with E-state index in [1.807, 2.05) is 0 Å². The Hall–Kier alpha value is -2.05. The first kappa shape index (κ1) is 14.4. The van der Waals surface area contributed by atoms with Crippen LogP contribution in [0.5, 0.6) is 5.75 Å². The zero-order valence-electron chi connectivity index (χ0n) is 10.5. The molecule has 0 aromatic heterocycles. The Bertz CT molecular complexity index is 642. The molecule has 0 N–H and O–H groups in total. The molecule has 2 rings (SSSR count). The number of hydrogen-bond acceptors (Lipinski definition) is 1. The molecule has 0 unspecified atom stereocenters. The van der Waals surface area contributed by atoms with Crippen molar-refractivity contribution in [2.45, 2.75) is 6.61 Å². The second-order valence-corrected chi connectivity index (χ2v) is 4.26. The Labute approximate surface area is 121 Å². The van der Waals surface area contributed by atoms with Gasteiger partial charge in [-0.15, -0.1) is 11.6 Å². The molecule has 0 aliphatic carbocycles. The summed E-state index contributed by atoms with van der Waals surface area (Å²) in [5.41, 5.74) is 1.35. The van der Waals surface area contributed by atoms with Crippen molar-refractivity contribution in [1.82, 2.24) is 0 Å². The highest BCUT2D eigenvalue weighted by Gasteiger charge is 2.04. The largest absolute Gasteiger partial charge is 0.487 e. The van der Waals surface area contributed by atoms with Gasteiger partial charge in [0, 0.05) is 6.07 Å². The number of halogens is 3. The van der Waals surface area contributed by atoms with Crippen molar-refractivity contribution in [1.29, 1.82) is 0 Å². The molecule has 20 heavy (non-hydrogen) atoms. The lowest BCUT2D eigenvalue weighted by Gasteiger charge is -2.08. The molecule has 0 heterocycles. The molecule has 0 spiro atoms. The predicted octanol–water partition coefficient (Wildman–Crippen LogP) is 4.13. The van der Waals surface area contributed by atoms with E-state index >= 15 is 0 Å². The lowest BCUT2D eigenvalue weighted by atomic mass is 10.2. The van der Waals surface area contributed by atoms with Crippen LogP contribution in [0.15, 0.2) is 42.5 Å². The van der Waals surface area contributed by atoms with Gasteiger partial charge in [-0.25, -0.2) is 8.78 Å². The van der Waals surface area contributed by atoms with Crippen molar-refractivity contribution in [2.75, 3.05) is 5.88 Å². The summed E-state index contributed by atoms with van der Waals surface area (Å²) in [6.07, 6.45) is 0. The first-order chi connectivity index (χ1) is 9.69. The van der Waals surface area contributed by atoms with Gasteiger partial charge in [-0.1, -0.05) is 24.0 Å². The Kier molecular flexibility index (Phi) is 4.97. The van der Waals surface area contributed by atoms with Crippen LogP contribution in [0.3, 0.4) is 0 Å². The van der Waals surface area contributed by atoms with Gasteiger partial charge in [0.15, 0.2) is 0 Å². The van der Waals surface area contributed by atoms with Crippen LogP contribution in [0.4, 0.5) is 8.78 Å². The molecule has 2 aromatic carbocycles. The van der Waals surface area contributed by atoms with Gasteiger partial charge in [-0.2, -0.15) is 0 Å². The molecule has 0 fully saturated rings. The molecular weight excluding hydrogens is 282 g/mol. The molecule has 0 bridgehead atoms. The fourth-order valence-electron chi connectivity index (χ4n) is 1.59. The van der Waals surface area contributed by atoms with Crippen LogP contribution in [-0.2, 0) is 6.61 Å². The molecule has 0 saturated carbocycles. The minimum Gasteiger partial charge on any atom is -0.487 e. The fraction of sp³-hybridized carbons (Fsp3) is 0.125. The normalized spacial score (nSPS) is 9.75. The van der Waals surface area contributed by atoms with E-state index in [1.165, 1.54) is 30.3 Å². The Morgan fingerprint density at radius 1 is 1.00 bits per heavy atom. The van der Waals surface area contributed by atoms with Gasteiger partial charge in [0.1, 0.15) is 24.0 Å². The molecule has 0 radical (unpaired) electrons. The third kappa shape index (κ3) is 3.97. The van der Waals surface area contributed by atoms with Crippen LogP contribution in [-0.4, -0.2) is 5.88 Å². The van der Waals surface area contributed by atoms with Crippen molar-refractivity contribution >= 4 is 11.6 Å². The Morgan fingerprint density at radius 3 is 2.40 bits per heavy atom. The SMILES string of the molecule is Fc1ccc(COc2cc(F)ccc2C#CCCl)cc1. The standard InChI is InChI=1S/C16H11ClF2O/c17-9-1-2-13-5-8-15(19)10-16(13)20-11-12-3-6-14(18)7-4-12/h3-8,10H,9,11H2. The number of hydrogen-bond donors (Lipinski definition) is 0. The highest BCUT2D eigenvalue weighted by Crippen LogP contribution is 2.20. The van der Waals surface area contributed by atoms with Crippen LogP contribution < -0.4 is 4.74 Å². The molecule has 0 aliphatic rings. The first-order valence-corrected chi connectivity index (χ1v) is 6.44. The summed E-state index contributed by atoms with van der Waals surface area (Å²) in [5, 5.41) is 0. The van der Waals surface area contributed by atoms with E-state index < -0.39 is 5.82 Å². The molecule has 0 saturated heterocycles. The summed E-state index contributed by atoms with van der Waals surface area (Å²) in [7, 11) is 0. The summed E-state index contributed by atoms with van der Waals surface area (Å²) < 4.78 is 31.6. The van der Waals surface area contributed by atoms with Gasteiger partial charge in [0.25, 0.3) is 0 Å². The lowest BCUT2D eigenvalue weighted by molar-refractivity contribution is 0.303. The predicted molar refractivity (Wildman–Crippen MR) is 74.7 cm³/mol. The van der Waals surface area contributed by atoms with Gasteiger partial charge in [-0.05, 0) is 29.8 Å². The average molecular weight is 293 g/mol. The molecule has 0 aliphatic heterocycles. The van der Waals surface area contributed by atoms with E-state index in [4.69, 9.17) is 16.3 Å². The molecule has 0 amide bonds. The number of ether oxygens (including phenoxy) is 1.